The zero-order chi connectivity index (χ0) is 23.7. The Morgan fingerprint density at radius 2 is 1.74 bits per heavy atom. The van der Waals surface area contributed by atoms with Crippen molar-refractivity contribution in [1.29, 1.82) is 5.26 Å². The molecule has 0 aliphatic carbocycles. The van der Waals surface area contributed by atoms with E-state index in [0.717, 1.165) is 34.8 Å². The third-order valence-electron chi connectivity index (χ3n) is 6.03. The highest BCUT2D eigenvalue weighted by Crippen LogP contribution is 2.27. The van der Waals surface area contributed by atoms with Crippen molar-refractivity contribution in [2.24, 2.45) is 7.05 Å². The van der Waals surface area contributed by atoms with E-state index < -0.39 is 10.0 Å². The fourth-order valence-electron chi connectivity index (χ4n) is 4.23. The van der Waals surface area contributed by atoms with Gasteiger partial charge in [0.1, 0.15) is 4.90 Å². The summed E-state index contributed by atoms with van der Waals surface area (Å²) < 4.78 is 31.1. The van der Waals surface area contributed by atoms with E-state index in [9.17, 15) is 8.42 Å². The second-order valence-electron chi connectivity index (χ2n) is 8.21. The number of nitrogens with one attached hydrogen (secondary N) is 1. The summed E-state index contributed by atoms with van der Waals surface area (Å²) in [5.41, 5.74) is 4.96. The fourth-order valence-corrected chi connectivity index (χ4v) is 5.46. The Labute approximate surface area is 198 Å². The lowest BCUT2D eigenvalue weighted by atomic mass is 10.1. The lowest BCUT2D eigenvalue weighted by Gasteiger charge is -2.10. The van der Waals surface area contributed by atoms with Gasteiger partial charge in [-0.1, -0.05) is 30.3 Å². The Morgan fingerprint density at radius 3 is 2.53 bits per heavy atom. The van der Waals surface area contributed by atoms with Crippen molar-refractivity contribution in [3.63, 3.8) is 0 Å². The molecule has 0 aliphatic heterocycles. The summed E-state index contributed by atoms with van der Waals surface area (Å²) in [7, 11) is -1.79. The Balaban J connectivity index is 1.40. The molecule has 6 nitrogen and oxygen atoms in total. The van der Waals surface area contributed by atoms with Gasteiger partial charge >= 0.3 is 0 Å². The van der Waals surface area contributed by atoms with Crippen molar-refractivity contribution in [3.05, 3.63) is 102 Å². The number of para-hydroxylation sites is 1. The van der Waals surface area contributed by atoms with Crippen molar-refractivity contribution in [2.45, 2.75) is 17.7 Å². The van der Waals surface area contributed by atoms with Gasteiger partial charge in [-0.25, -0.2) is 8.42 Å². The molecule has 3 aromatic carbocycles. The molecular weight excluding hydrogens is 444 g/mol. The van der Waals surface area contributed by atoms with Crippen molar-refractivity contribution in [3.8, 4) is 6.07 Å². The quantitative estimate of drug-likeness (QED) is 0.373. The number of benzene rings is 3. The standard InChI is InChI=1S/C27H22N4O2S/c1-31-24(13-11-19-7-9-20(18-28)10-8-19)17-22-16-23(12-14-25(22)31)30-34(32,33)26-6-2-4-21-5-3-15-29-27(21)26/h2-10,12,14-17,30H,11,13H2,1H3. The van der Waals surface area contributed by atoms with Gasteiger partial charge in [-0.2, -0.15) is 5.26 Å². The summed E-state index contributed by atoms with van der Waals surface area (Å²) >= 11 is 0. The first-order valence-electron chi connectivity index (χ1n) is 10.9. The van der Waals surface area contributed by atoms with Crippen molar-refractivity contribution in [2.75, 3.05) is 4.72 Å². The summed E-state index contributed by atoms with van der Waals surface area (Å²) in [5.74, 6) is 0. The van der Waals surface area contributed by atoms with E-state index in [1.54, 1.807) is 30.5 Å². The predicted molar refractivity (Wildman–Crippen MR) is 134 cm³/mol. The van der Waals surface area contributed by atoms with Crippen LogP contribution in [0.15, 0.2) is 90.0 Å². The number of pyridine rings is 1. The van der Waals surface area contributed by atoms with Gasteiger partial charge in [0, 0.05) is 40.9 Å². The number of nitrogens with zero attached hydrogens (tertiary/aromatic N) is 3. The average molecular weight is 467 g/mol. The molecule has 0 spiro atoms. The maximum atomic E-state index is 13.2. The van der Waals surface area contributed by atoms with Gasteiger partial charge in [-0.15, -0.1) is 0 Å². The Hall–Kier alpha value is -4.15. The number of anilines is 1. The first-order valence-corrected chi connectivity index (χ1v) is 12.4. The molecule has 1 N–H and O–H groups in total. The van der Waals surface area contributed by atoms with Crippen LogP contribution in [0.5, 0.6) is 0 Å². The summed E-state index contributed by atoms with van der Waals surface area (Å²) in [5, 5.41) is 10.7. The minimum absolute atomic E-state index is 0.155. The molecule has 0 atom stereocenters. The van der Waals surface area contributed by atoms with Crippen LogP contribution in [-0.2, 0) is 29.9 Å². The lowest BCUT2D eigenvalue weighted by Crippen LogP contribution is -2.13. The van der Waals surface area contributed by atoms with Crippen LogP contribution in [0.1, 0.15) is 16.8 Å². The highest BCUT2D eigenvalue weighted by atomic mass is 32.2. The van der Waals surface area contributed by atoms with Gasteiger partial charge in [-0.3, -0.25) is 9.71 Å². The van der Waals surface area contributed by atoms with E-state index in [1.165, 1.54) is 5.56 Å². The third-order valence-corrected chi connectivity index (χ3v) is 7.44. The lowest BCUT2D eigenvalue weighted by molar-refractivity contribution is 0.602. The van der Waals surface area contributed by atoms with E-state index >= 15 is 0 Å². The minimum atomic E-state index is -3.81. The molecular formula is C27H22N4O2S. The molecule has 5 rings (SSSR count). The monoisotopic (exact) mass is 466 g/mol. The summed E-state index contributed by atoms with van der Waals surface area (Å²) in [6.07, 6.45) is 3.28. The number of hydrogen-bond acceptors (Lipinski definition) is 4. The van der Waals surface area contributed by atoms with Crippen LogP contribution in [0.4, 0.5) is 5.69 Å². The van der Waals surface area contributed by atoms with Crippen LogP contribution in [0.25, 0.3) is 21.8 Å². The van der Waals surface area contributed by atoms with Crippen LogP contribution < -0.4 is 4.72 Å². The van der Waals surface area contributed by atoms with Crippen molar-refractivity contribution >= 4 is 37.5 Å². The highest BCUT2D eigenvalue weighted by molar-refractivity contribution is 7.93. The Bertz CT molecular complexity index is 1660. The van der Waals surface area contributed by atoms with Crippen LogP contribution >= 0.6 is 0 Å². The smallest absolute Gasteiger partial charge is 0.264 e. The maximum Gasteiger partial charge on any atom is 0.264 e. The molecule has 34 heavy (non-hydrogen) atoms. The van der Waals surface area contributed by atoms with Crippen molar-refractivity contribution in [1.82, 2.24) is 9.55 Å². The number of aryl methyl sites for hydroxylation is 3. The number of hydrogen-bond donors (Lipinski definition) is 1. The largest absolute Gasteiger partial charge is 0.348 e. The summed E-state index contributed by atoms with van der Waals surface area (Å²) in [6.45, 7) is 0. The van der Waals surface area contributed by atoms with E-state index in [1.807, 2.05) is 55.6 Å². The van der Waals surface area contributed by atoms with Crippen molar-refractivity contribution < 1.29 is 8.42 Å². The highest BCUT2D eigenvalue weighted by Gasteiger charge is 2.19. The van der Waals surface area contributed by atoms with E-state index in [4.69, 9.17) is 5.26 Å². The van der Waals surface area contributed by atoms with Gasteiger partial charge in [0.15, 0.2) is 0 Å². The van der Waals surface area contributed by atoms with E-state index in [-0.39, 0.29) is 4.90 Å². The van der Waals surface area contributed by atoms with Gasteiger partial charge in [-0.05, 0) is 66.9 Å². The molecule has 0 fully saturated rings. The SMILES string of the molecule is Cn1c(CCc2ccc(C#N)cc2)cc2cc(NS(=O)(=O)c3cccc4cccnc34)ccc21. The molecule has 0 saturated carbocycles. The Kier molecular flexibility index (Phi) is 5.52. The number of fused-ring (bicyclic) bond motifs is 2. The molecule has 2 heterocycles. The molecule has 0 radical (unpaired) electrons. The molecule has 7 heteroatoms. The molecule has 0 saturated heterocycles. The Morgan fingerprint density at radius 1 is 0.941 bits per heavy atom. The van der Waals surface area contributed by atoms with Gasteiger partial charge in [0.2, 0.25) is 0 Å². The molecule has 0 unspecified atom stereocenters. The first kappa shape index (κ1) is 21.7. The number of rotatable bonds is 6. The third kappa shape index (κ3) is 4.12. The van der Waals surface area contributed by atoms with E-state index in [0.29, 0.717) is 16.8 Å². The molecule has 0 aliphatic rings. The summed E-state index contributed by atoms with van der Waals surface area (Å²) in [6, 6.07) is 26.2. The first-order chi connectivity index (χ1) is 16.4. The molecule has 5 aromatic rings. The topological polar surface area (TPSA) is 87.8 Å². The predicted octanol–water partition coefficient (Wildman–Crippen LogP) is 5.18. The molecule has 2 aromatic heterocycles. The van der Waals surface area contributed by atoms with Gasteiger partial charge in [0.05, 0.1) is 17.1 Å². The van der Waals surface area contributed by atoms with Crippen LogP contribution in [0.3, 0.4) is 0 Å². The van der Waals surface area contributed by atoms with Gasteiger partial charge < -0.3 is 4.57 Å². The fraction of sp³-hybridized carbons (Fsp3) is 0.111. The molecule has 0 amide bonds. The van der Waals surface area contributed by atoms with Crippen LogP contribution in [0, 0.1) is 11.3 Å². The maximum absolute atomic E-state index is 13.2. The average Bonchev–Trinajstić information content (AvgIpc) is 3.17. The number of nitriles is 1. The molecule has 0 bridgehead atoms. The summed E-state index contributed by atoms with van der Waals surface area (Å²) in [4.78, 5) is 4.43. The minimum Gasteiger partial charge on any atom is -0.348 e. The molecule has 168 valence electrons. The zero-order valence-electron chi connectivity index (χ0n) is 18.6. The van der Waals surface area contributed by atoms with E-state index in [2.05, 4.69) is 26.4 Å². The second-order valence-corrected chi connectivity index (χ2v) is 9.86. The van der Waals surface area contributed by atoms with Crippen LogP contribution in [0.2, 0.25) is 0 Å². The number of sulfonamides is 1. The number of aromatic nitrogens is 2. The van der Waals surface area contributed by atoms with Gasteiger partial charge in [0.25, 0.3) is 10.0 Å². The van der Waals surface area contributed by atoms with Crippen LogP contribution in [-0.4, -0.2) is 18.0 Å². The second kappa shape index (κ2) is 8.65. The normalized spacial score (nSPS) is 11.5. The zero-order valence-corrected chi connectivity index (χ0v) is 19.4.